The maximum atomic E-state index is 11.6. The lowest BCUT2D eigenvalue weighted by Crippen LogP contribution is -2.30. The van der Waals surface area contributed by atoms with Gasteiger partial charge in [-0.3, -0.25) is 0 Å². The first-order chi connectivity index (χ1) is 9.54. The number of hydrogen-bond acceptors (Lipinski definition) is 2. The van der Waals surface area contributed by atoms with Gasteiger partial charge in [-0.1, -0.05) is 15.9 Å². The minimum Gasteiger partial charge on any atom is -0.478 e. The van der Waals surface area contributed by atoms with Crippen LogP contribution in [0.2, 0.25) is 0 Å². The zero-order chi connectivity index (χ0) is 15.0. The number of hydrogen-bond donors (Lipinski definition) is 3. The van der Waals surface area contributed by atoms with Gasteiger partial charge in [0, 0.05) is 17.4 Å². The van der Waals surface area contributed by atoms with Crippen molar-refractivity contribution in [3.63, 3.8) is 0 Å². The highest BCUT2D eigenvalue weighted by atomic mass is 79.9. The number of amides is 2. The normalized spacial score (nSPS) is 9.60. The second kappa shape index (κ2) is 8.23. The van der Waals surface area contributed by atoms with E-state index in [2.05, 4.69) is 32.5 Å². The molecule has 0 fully saturated rings. The van der Waals surface area contributed by atoms with Crippen LogP contribution in [0.3, 0.4) is 0 Å². The first-order valence-corrected chi connectivity index (χ1v) is 6.85. The first-order valence-electron chi connectivity index (χ1n) is 6.05. The Bertz CT molecular complexity index is 538. The van der Waals surface area contributed by atoms with Gasteiger partial charge in [0.15, 0.2) is 0 Å². The molecule has 0 heterocycles. The number of carbonyl (C=O) groups is 2. The number of aromatic carboxylic acids is 1. The fourth-order valence-electron chi connectivity index (χ4n) is 1.52. The van der Waals surface area contributed by atoms with Crippen molar-refractivity contribution in [3.8, 4) is 12.3 Å². The molecule has 0 atom stereocenters. The number of unbranched alkanes of at least 4 members (excludes halogenated alkanes) is 2. The topological polar surface area (TPSA) is 78.4 Å². The molecule has 0 spiro atoms. The van der Waals surface area contributed by atoms with E-state index in [-0.39, 0.29) is 11.3 Å². The Hall–Kier alpha value is -2.00. The molecule has 0 radical (unpaired) electrons. The van der Waals surface area contributed by atoms with Crippen LogP contribution >= 0.6 is 15.9 Å². The van der Waals surface area contributed by atoms with E-state index in [1.807, 2.05) is 0 Å². The Morgan fingerprint density at radius 3 is 2.75 bits per heavy atom. The van der Waals surface area contributed by atoms with Crippen LogP contribution < -0.4 is 10.6 Å². The first kappa shape index (κ1) is 16.1. The monoisotopic (exact) mass is 338 g/mol. The zero-order valence-corrected chi connectivity index (χ0v) is 12.4. The third-order valence-electron chi connectivity index (χ3n) is 2.49. The minimum atomic E-state index is -1.10. The average molecular weight is 339 g/mol. The molecule has 0 aliphatic rings. The van der Waals surface area contributed by atoms with Crippen LogP contribution in [0.5, 0.6) is 0 Å². The van der Waals surface area contributed by atoms with Gasteiger partial charge in [-0.05, 0) is 31.0 Å². The summed E-state index contributed by atoms with van der Waals surface area (Å²) < 4.78 is 0.634. The molecule has 106 valence electrons. The van der Waals surface area contributed by atoms with Gasteiger partial charge in [0.2, 0.25) is 0 Å². The van der Waals surface area contributed by atoms with Crippen LogP contribution in [0.25, 0.3) is 0 Å². The molecule has 0 bridgehead atoms. The molecule has 0 aromatic heterocycles. The highest BCUT2D eigenvalue weighted by Crippen LogP contribution is 2.21. The van der Waals surface area contributed by atoms with E-state index >= 15 is 0 Å². The number of carboxylic acids is 1. The van der Waals surface area contributed by atoms with Crippen LogP contribution in [0.1, 0.15) is 29.6 Å². The maximum absolute atomic E-state index is 11.6. The van der Waals surface area contributed by atoms with Crippen LogP contribution in [0, 0.1) is 12.3 Å². The number of benzene rings is 1. The zero-order valence-electron chi connectivity index (χ0n) is 10.8. The molecule has 0 saturated carbocycles. The number of nitrogens with one attached hydrogen (secondary N) is 2. The Kier molecular flexibility index (Phi) is 6.60. The molecule has 0 aliphatic carbocycles. The van der Waals surface area contributed by atoms with Crippen LogP contribution in [-0.2, 0) is 0 Å². The predicted octanol–water partition coefficient (Wildman–Crippen LogP) is 3.07. The quantitative estimate of drug-likeness (QED) is 0.551. The van der Waals surface area contributed by atoms with Crippen molar-refractivity contribution in [2.45, 2.75) is 19.3 Å². The van der Waals surface area contributed by atoms with Crippen LogP contribution in [0.4, 0.5) is 10.5 Å². The van der Waals surface area contributed by atoms with E-state index in [1.165, 1.54) is 12.1 Å². The largest absolute Gasteiger partial charge is 0.478 e. The lowest BCUT2D eigenvalue weighted by Gasteiger charge is -2.10. The molecule has 1 rings (SSSR count). The summed E-state index contributed by atoms with van der Waals surface area (Å²) in [7, 11) is 0. The molecule has 5 nitrogen and oxygen atoms in total. The van der Waals surface area contributed by atoms with Gasteiger partial charge in [-0.15, -0.1) is 12.3 Å². The number of rotatable bonds is 6. The lowest BCUT2D eigenvalue weighted by molar-refractivity contribution is 0.0698. The number of halogens is 1. The lowest BCUT2D eigenvalue weighted by atomic mass is 10.2. The van der Waals surface area contributed by atoms with Gasteiger partial charge < -0.3 is 15.7 Å². The van der Waals surface area contributed by atoms with Gasteiger partial charge in [0.25, 0.3) is 0 Å². The van der Waals surface area contributed by atoms with Gasteiger partial charge in [-0.2, -0.15) is 0 Å². The number of urea groups is 1. The highest BCUT2D eigenvalue weighted by molar-refractivity contribution is 9.10. The summed E-state index contributed by atoms with van der Waals surface area (Å²) in [6.07, 6.45) is 7.42. The molecule has 0 aliphatic heterocycles. The molecule has 1 aromatic rings. The smallest absolute Gasteiger partial charge is 0.337 e. The molecule has 3 N–H and O–H groups in total. The number of terminal acetylenes is 1. The molecule has 2 amide bonds. The van der Waals surface area contributed by atoms with Gasteiger partial charge in [-0.25, -0.2) is 9.59 Å². The third kappa shape index (κ3) is 5.33. The van der Waals surface area contributed by atoms with E-state index in [1.54, 1.807) is 6.07 Å². The Morgan fingerprint density at radius 2 is 2.10 bits per heavy atom. The summed E-state index contributed by atoms with van der Waals surface area (Å²) in [4.78, 5) is 22.7. The fourth-order valence-corrected chi connectivity index (χ4v) is 1.88. The molecule has 0 saturated heterocycles. The SMILES string of the molecule is C#CCCCCNC(=O)Nc1ccc(Br)cc1C(=O)O. The molecule has 20 heavy (non-hydrogen) atoms. The van der Waals surface area contributed by atoms with E-state index in [0.29, 0.717) is 17.4 Å². The van der Waals surface area contributed by atoms with E-state index in [0.717, 1.165) is 12.8 Å². The number of carboxylic acid groups (broad SMARTS) is 1. The van der Waals surface area contributed by atoms with E-state index < -0.39 is 12.0 Å². The van der Waals surface area contributed by atoms with Crippen molar-refractivity contribution >= 4 is 33.6 Å². The second-order valence-corrected chi connectivity index (χ2v) is 4.95. The number of anilines is 1. The standard InChI is InChI=1S/C14H15BrN2O3/c1-2-3-4-5-8-16-14(20)17-12-7-6-10(15)9-11(12)13(18)19/h1,6-7,9H,3-5,8H2,(H,18,19)(H2,16,17,20). The van der Waals surface area contributed by atoms with Gasteiger partial charge in [0.1, 0.15) is 0 Å². The Balaban J connectivity index is 2.54. The molecule has 0 unspecified atom stereocenters. The van der Waals surface area contributed by atoms with Crippen molar-refractivity contribution in [2.75, 3.05) is 11.9 Å². The van der Waals surface area contributed by atoms with Crippen molar-refractivity contribution < 1.29 is 14.7 Å². The van der Waals surface area contributed by atoms with E-state index in [9.17, 15) is 9.59 Å². The Labute approximate surface area is 125 Å². The minimum absolute atomic E-state index is 0.0295. The molecular weight excluding hydrogens is 324 g/mol. The summed E-state index contributed by atoms with van der Waals surface area (Å²) in [5.74, 6) is 1.42. The van der Waals surface area contributed by atoms with Crippen molar-refractivity contribution in [2.24, 2.45) is 0 Å². The molecule has 6 heteroatoms. The molecular formula is C14H15BrN2O3. The summed E-state index contributed by atoms with van der Waals surface area (Å²) in [6, 6.07) is 4.20. The van der Waals surface area contributed by atoms with Crippen LogP contribution in [0.15, 0.2) is 22.7 Å². The average Bonchev–Trinajstić information content (AvgIpc) is 2.40. The summed E-state index contributed by atoms with van der Waals surface area (Å²) in [6.45, 7) is 0.493. The van der Waals surface area contributed by atoms with E-state index in [4.69, 9.17) is 11.5 Å². The maximum Gasteiger partial charge on any atom is 0.337 e. The van der Waals surface area contributed by atoms with Crippen molar-refractivity contribution in [1.82, 2.24) is 5.32 Å². The third-order valence-corrected chi connectivity index (χ3v) is 2.99. The van der Waals surface area contributed by atoms with Gasteiger partial charge in [0.05, 0.1) is 11.3 Å². The summed E-state index contributed by atoms with van der Waals surface area (Å²) >= 11 is 3.19. The fraction of sp³-hybridized carbons (Fsp3) is 0.286. The summed E-state index contributed by atoms with van der Waals surface area (Å²) in [5, 5.41) is 14.2. The van der Waals surface area contributed by atoms with Crippen LogP contribution in [-0.4, -0.2) is 23.7 Å². The Morgan fingerprint density at radius 1 is 1.35 bits per heavy atom. The highest BCUT2D eigenvalue weighted by Gasteiger charge is 2.12. The number of carbonyl (C=O) groups excluding carboxylic acids is 1. The summed E-state index contributed by atoms with van der Waals surface area (Å²) in [5.41, 5.74) is 0.281. The van der Waals surface area contributed by atoms with Crippen molar-refractivity contribution in [1.29, 1.82) is 0 Å². The predicted molar refractivity (Wildman–Crippen MR) is 80.8 cm³/mol. The second-order valence-electron chi connectivity index (χ2n) is 4.04. The molecule has 1 aromatic carbocycles. The van der Waals surface area contributed by atoms with Gasteiger partial charge >= 0.3 is 12.0 Å². The van der Waals surface area contributed by atoms with Crippen molar-refractivity contribution in [3.05, 3.63) is 28.2 Å².